The van der Waals surface area contributed by atoms with E-state index in [4.69, 9.17) is 16.3 Å². The summed E-state index contributed by atoms with van der Waals surface area (Å²) < 4.78 is 46.1. The Bertz CT molecular complexity index is 1160. The van der Waals surface area contributed by atoms with Crippen molar-refractivity contribution < 1.29 is 27.4 Å². The average molecular weight is 488 g/mol. The fourth-order valence-corrected chi connectivity index (χ4v) is 4.19. The number of alkyl carbamates (subject to hydrolysis) is 1. The summed E-state index contributed by atoms with van der Waals surface area (Å²) in [7, 11) is 0. The second-order valence-electron chi connectivity index (χ2n) is 7.67. The first-order valence-corrected chi connectivity index (χ1v) is 11.0. The van der Waals surface area contributed by atoms with Gasteiger partial charge >= 0.3 is 12.5 Å². The van der Waals surface area contributed by atoms with E-state index >= 15 is 0 Å². The summed E-state index contributed by atoms with van der Waals surface area (Å²) in [5.41, 5.74) is 5.14. The second kappa shape index (κ2) is 10.2. The van der Waals surface area contributed by atoms with E-state index in [0.29, 0.717) is 18.5 Å². The Morgan fingerprint density at radius 1 is 1.00 bits per heavy atom. The first-order chi connectivity index (χ1) is 16.3. The van der Waals surface area contributed by atoms with E-state index in [1.165, 1.54) is 12.1 Å². The lowest BCUT2D eigenvalue weighted by molar-refractivity contribution is -0.274. The third-order valence-corrected chi connectivity index (χ3v) is 5.75. The summed E-state index contributed by atoms with van der Waals surface area (Å²) in [6.07, 6.45) is -1.37. The molecule has 0 atom stereocenters. The van der Waals surface area contributed by atoms with Crippen LogP contribution in [0.25, 0.3) is 17.2 Å². The number of hydrogen-bond acceptors (Lipinski definition) is 3. The van der Waals surface area contributed by atoms with Crippen LogP contribution in [0.4, 0.5) is 18.0 Å². The lowest BCUT2D eigenvalue weighted by Crippen LogP contribution is -2.26. The Morgan fingerprint density at radius 3 is 2.26 bits per heavy atom. The molecule has 1 aliphatic rings. The number of hydrogen-bond donors (Lipinski definition) is 1. The van der Waals surface area contributed by atoms with Crippen LogP contribution in [0.2, 0.25) is 5.02 Å². The van der Waals surface area contributed by atoms with Gasteiger partial charge in [-0.1, -0.05) is 72.3 Å². The van der Waals surface area contributed by atoms with Crippen molar-refractivity contribution in [3.05, 3.63) is 94.5 Å². The summed E-state index contributed by atoms with van der Waals surface area (Å²) in [5.74, 6) is -0.393. The Kier molecular flexibility index (Phi) is 7.12. The van der Waals surface area contributed by atoms with Crippen molar-refractivity contribution in [2.24, 2.45) is 0 Å². The van der Waals surface area contributed by atoms with Gasteiger partial charge in [-0.15, -0.1) is 13.2 Å². The molecular weight excluding hydrogens is 467 g/mol. The average Bonchev–Trinajstić information content (AvgIpc) is 3.11. The molecule has 0 fully saturated rings. The maximum atomic E-state index is 12.3. The molecule has 4 nitrogen and oxygen atoms in total. The first kappa shape index (κ1) is 23.7. The number of benzene rings is 3. The van der Waals surface area contributed by atoms with Crippen LogP contribution in [0.15, 0.2) is 72.8 Å². The van der Waals surface area contributed by atoms with Gasteiger partial charge in [0.25, 0.3) is 0 Å². The fraction of sp³-hybridized carbons (Fsp3) is 0.192. The molecule has 176 valence electrons. The van der Waals surface area contributed by atoms with Gasteiger partial charge in [0.2, 0.25) is 0 Å². The second-order valence-corrected chi connectivity index (χ2v) is 8.08. The molecule has 4 rings (SSSR count). The first-order valence-electron chi connectivity index (χ1n) is 10.6. The number of fused-ring (bicyclic) bond motifs is 3. The molecule has 8 heteroatoms. The van der Waals surface area contributed by atoms with Crippen LogP contribution < -0.4 is 10.1 Å². The van der Waals surface area contributed by atoms with Gasteiger partial charge in [-0.2, -0.15) is 0 Å². The van der Waals surface area contributed by atoms with Gasteiger partial charge in [-0.3, -0.25) is 0 Å². The molecule has 0 bridgehead atoms. The summed E-state index contributed by atoms with van der Waals surface area (Å²) in [6.45, 7) is 0.567. The minimum absolute atomic E-state index is 0.00974. The highest BCUT2D eigenvalue weighted by atomic mass is 35.5. The highest BCUT2D eigenvalue weighted by molar-refractivity contribution is 6.32. The third-order valence-electron chi connectivity index (χ3n) is 5.43. The van der Waals surface area contributed by atoms with E-state index in [1.807, 2.05) is 24.3 Å². The molecule has 3 aromatic carbocycles. The van der Waals surface area contributed by atoms with Gasteiger partial charge in [-0.25, -0.2) is 4.79 Å². The lowest BCUT2D eigenvalue weighted by atomic mass is 9.98. The predicted octanol–water partition coefficient (Wildman–Crippen LogP) is 7.18. The molecule has 0 saturated heterocycles. The largest absolute Gasteiger partial charge is 0.573 e. The monoisotopic (exact) mass is 487 g/mol. The van der Waals surface area contributed by atoms with E-state index in [9.17, 15) is 18.0 Å². The van der Waals surface area contributed by atoms with Crippen molar-refractivity contribution in [1.29, 1.82) is 0 Å². The number of carbonyl (C=O) groups is 1. The van der Waals surface area contributed by atoms with E-state index in [-0.39, 0.29) is 23.3 Å². The molecular formula is C26H21ClF3NO3. The SMILES string of the molecule is O=C(NCCC=Cc1ccc(OC(F)(F)F)cc1Cl)OCC1c2ccccc2-c2ccccc21. The van der Waals surface area contributed by atoms with E-state index in [1.54, 1.807) is 12.2 Å². The fourth-order valence-electron chi connectivity index (χ4n) is 3.96. The lowest BCUT2D eigenvalue weighted by Gasteiger charge is -2.14. The van der Waals surface area contributed by atoms with Gasteiger partial charge in [0.15, 0.2) is 0 Å². The van der Waals surface area contributed by atoms with Gasteiger partial charge in [-0.05, 0) is 52.4 Å². The molecule has 34 heavy (non-hydrogen) atoms. The molecule has 0 unspecified atom stereocenters. The quantitative estimate of drug-likeness (QED) is 0.359. The van der Waals surface area contributed by atoms with E-state index < -0.39 is 12.5 Å². The highest BCUT2D eigenvalue weighted by Gasteiger charge is 2.31. The van der Waals surface area contributed by atoms with Crippen LogP contribution in [-0.2, 0) is 4.74 Å². The molecule has 3 aromatic rings. The Balaban J connectivity index is 1.25. The number of alkyl halides is 3. The van der Waals surface area contributed by atoms with Crippen LogP contribution in [0.5, 0.6) is 5.75 Å². The van der Waals surface area contributed by atoms with Crippen LogP contribution in [0.3, 0.4) is 0 Å². The molecule has 0 spiro atoms. The number of ether oxygens (including phenoxy) is 2. The molecule has 0 heterocycles. The van der Waals surface area contributed by atoms with Gasteiger partial charge in [0, 0.05) is 12.5 Å². The predicted molar refractivity (Wildman–Crippen MR) is 125 cm³/mol. The molecule has 1 aliphatic carbocycles. The zero-order valence-electron chi connectivity index (χ0n) is 17.9. The minimum Gasteiger partial charge on any atom is -0.449 e. The molecule has 0 saturated carbocycles. The molecule has 1 N–H and O–H groups in total. The Morgan fingerprint density at radius 2 is 1.65 bits per heavy atom. The summed E-state index contributed by atoms with van der Waals surface area (Å²) >= 11 is 6.01. The Labute approximate surface area is 200 Å². The van der Waals surface area contributed by atoms with Crippen LogP contribution >= 0.6 is 11.6 Å². The number of rotatable bonds is 7. The van der Waals surface area contributed by atoms with Gasteiger partial charge < -0.3 is 14.8 Å². The molecule has 0 aliphatic heterocycles. The van der Waals surface area contributed by atoms with E-state index in [2.05, 4.69) is 34.3 Å². The van der Waals surface area contributed by atoms with Crippen molar-refractivity contribution >= 4 is 23.8 Å². The zero-order chi connectivity index (χ0) is 24.1. The van der Waals surface area contributed by atoms with Crippen molar-refractivity contribution in [2.45, 2.75) is 18.7 Å². The number of amides is 1. The van der Waals surface area contributed by atoms with Crippen molar-refractivity contribution in [3.8, 4) is 16.9 Å². The Hall–Kier alpha value is -3.45. The van der Waals surface area contributed by atoms with Gasteiger partial charge in [0.05, 0.1) is 5.02 Å². The van der Waals surface area contributed by atoms with Gasteiger partial charge in [0.1, 0.15) is 12.4 Å². The van der Waals surface area contributed by atoms with Crippen molar-refractivity contribution in [2.75, 3.05) is 13.2 Å². The van der Waals surface area contributed by atoms with Crippen molar-refractivity contribution in [3.63, 3.8) is 0 Å². The van der Waals surface area contributed by atoms with Crippen LogP contribution in [0.1, 0.15) is 29.0 Å². The maximum absolute atomic E-state index is 12.3. The number of nitrogens with one attached hydrogen (secondary N) is 1. The van der Waals surface area contributed by atoms with E-state index in [0.717, 1.165) is 28.3 Å². The summed E-state index contributed by atoms with van der Waals surface area (Å²) in [5, 5.41) is 2.83. The summed E-state index contributed by atoms with van der Waals surface area (Å²) in [4.78, 5) is 12.2. The zero-order valence-corrected chi connectivity index (χ0v) is 18.7. The van der Waals surface area contributed by atoms with Crippen LogP contribution in [0, 0.1) is 0 Å². The summed E-state index contributed by atoms with van der Waals surface area (Å²) in [6, 6.07) is 19.9. The standard InChI is InChI=1S/C26H21ClF3NO3/c27-24-15-18(34-26(28,29)30)13-12-17(24)7-5-6-14-31-25(32)33-16-23-21-10-3-1-8-19(21)20-9-2-4-11-22(20)23/h1-5,7-13,15,23H,6,14,16H2,(H,31,32). The molecule has 0 radical (unpaired) electrons. The minimum atomic E-state index is -4.77. The van der Waals surface area contributed by atoms with Crippen LogP contribution in [-0.4, -0.2) is 25.6 Å². The van der Waals surface area contributed by atoms with Crippen molar-refractivity contribution in [1.82, 2.24) is 5.32 Å². The maximum Gasteiger partial charge on any atom is 0.573 e. The topological polar surface area (TPSA) is 47.6 Å². The highest BCUT2D eigenvalue weighted by Crippen LogP contribution is 2.44. The number of halogens is 4. The molecule has 0 aromatic heterocycles. The third kappa shape index (κ3) is 5.72. The number of carbonyl (C=O) groups excluding carboxylic acids is 1. The smallest absolute Gasteiger partial charge is 0.449 e. The normalized spacial score (nSPS) is 12.9. The molecule has 1 amide bonds.